The molecule has 8 heteroatoms. The average Bonchev–Trinajstić information content (AvgIpc) is 3.27. The summed E-state index contributed by atoms with van der Waals surface area (Å²) in [5.41, 5.74) is 4.10. The van der Waals surface area contributed by atoms with Crippen LogP contribution in [0.15, 0.2) is 30.3 Å². The van der Waals surface area contributed by atoms with E-state index < -0.39 is 37.1 Å². The molecular weight excluding hydrogens is 422 g/mol. The number of aliphatic hydroxyl groups is 4. The third-order valence-corrected chi connectivity index (χ3v) is 6.35. The molecule has 2 aromatic rings. The molecule has 4 N–H and O–H groups in total. The number of aliphatic hydroxyl groups excluding tert-OH is 4. The Balaban J connectivity index is 1.71. The monoisotopic (exact) mass is 445 g/mol. The zero-order valence-electron chi connectivity index (χ0n) is 16.7. The Kier molecular flexibility index (Phi) is 6.49. The quantitative estimate of drug-likeness (QED) is 0.549. The Morgan fingerprint density at radius 2 is 1.77 bits per heavy atom. The van der Waals surface area contributed by atoms with Crippen molar-refractivity contribution in [3.63, 3.8) is 0 Å². The molecule has 0 unspecified atom stereocenters. The molecular formula is C23H24ClNO6. The zero-order chi connectivity index (χ0) is 22.1. The number of benzene rings is 2. The van der Waals surface area contributed by atoms with E-state index in [1.165, 1.54) is 0 Å². The van der Waals surface area contributed by atoms with Crippen LogP contribution in [0.1, 0.15) is 33.9 Å². The van der Waals surface area contributed by atoms with E-state index in [4.69, 9.17) is 26.3 Å². The minimum Gasteiger partial charge on any atom is -0.491 e. The predicted octanol–water partition coefficient (Wildman–Crippen LogP) is 1.45. The smallest absolute Gasteiger partial charge is 0.141 e. The van der Waals surface area contributed by atoms with Gasteiger partial charge in [-0.3, -0.25) is 0 Å². The molecule has 0 aromatic heterocycles. The third-order valence-electron chi connectivity index (χ3n) is 5.93. The summed E-state index contributed by atoms with van der Waals surface area (Å²) < 4.78 is 11.6. The molecule has 0 spiro atoms. The summed E-state index contributed by atoms with van der Waals surface area (Å²) in [7, 11) is 0. The van der Waals surface area contributed by atoms with Crippen LogP contribution in [-0.4, -0.2) is 58.1 Å². The third kappa shape index (κ3) is 4.15. The van der Waals surface area contributed by atoms with E-state index in [0.29, 0.717) is 42.2 Å². The number of halogens is 1. The Morgan fingerprint density at radius 3 is 2.45 bits per heavy atom. The van der Waals surface area contributed by atoms with Crippen LogP contribution < -0.4 is 4.74 Å². The van der Waals surface area contributed by atoms with Gasteiger partial charge in [-0.1, -0.05) is 41.9 Å². The number of ether oxygens (including phenoxy) is 2. The van der Waals surface area contributed by atoms with E-state index in [2.05, 4.69) is 6.07 Å². The van der Waals surface area contributed by atoms with Gasteiger partial charge in [-0.25, -0.2) is 0 Å². The summed E-state index contributed by atoms with van der Waals surface area (Å²) in [6.07, 6.45) is -4.78. The molecule has 4 rings (SSSR count). The fourth-order valence-electron chi connectivity index (χ4n) is 4.24. The number of hydrogen-bond acceptors (Lipinski definition) is 7. The topological polar surface area (TPSA) is 123 Å². The van der Waals surface area contributed by atoms with Crippen LogP contribution in [0.3, 0.4) is 0 Å². The molecule has 1 saturated heterocycles. The highest BCUT2D eigenvalue weighted by Crippen LogP contribution is 2.44. The molecule has 2 aliphatic rings. The van der Waals surface area contributed by atoms with Crippen LogP contribution in [0, 0.1) is 11.3 Å². The van der Waals surface area contributed by atoms with Crippen molar-refractivity contribution in [3.8, 4) is 11.8 Å². The molecule has 164 valence electrons. The van der Waals surface area contributed by atoms with E-state index in [-0.39, 0.29) is 0 Å². The van der Waals surface area contributed by atoms with Crippen molar-refractivity contribution in [1.29, 1.82) is 5.26 Å². The van der Waals surface area contributed by atoms with E-state index in [0.717, 1.165) is 22.3 Å². The molecule has 5 atom stereocenters. The number of nitriles is 1. The van der Waals surface area contributed by atoms with Crippen LogP contribution in [0.4, 0.5) is 0 Å². The maximum Gasteiger partial charge on any atom is 0.141 e. The van der Waals surface area contributed by atoms with Crippen molar-refractivity contribution in [1.82, 2.24) is 0 Å². The Bertz CT molecular complexity index is 987. The van der Waals surface area contributed by atoms with Crippen molar-refractivity contribution >= 4 is 11.6 Å². The Labute approximate surface area is 185 Å². The molecule has 0 bridgehead atoms. The van der Waals surface area contributed by atoms with E-state index >= 15 is 0 Å². The molecule has 0 saturated carbocycles. The summed E-state index contributed by atoms with van der Waals surface area (Å²) in [6.45, 7) is -0.0542. The van der Waals surface area contributed by atoms with Gasteiger partial charge in [0.1, 0.15) is 36.3 Å². The van der Waals surface area contributed by atoms with E-state index in [1.807, 2.05) is 30.3 Å². The van der Waals surface area contributed by atoms with Gasteiger partial charge in [0.05, 0.1) is 30.7 Å². The number of hydrogen-bond donors (Lipinski definition) is 4. The lowest BCUT2D eigenvalue weighted by atomic mass is 9.87. The van der Waals surface area contributed by atoms with Crippen LogP contribution in [-0.2, 0) is 24.0 Å². The van der Waals surface area contributed by atoms with Crippen LogP contribution in [0.2, 0.25) is 5.02 Å². The van der Waals surface area contributed by atoms with Gasteiger partial charge in [-0.05, 0) is 28.7 Å². The molecule has 0 amide bonds. The first kappa shape index (κ1) is 22.0. The van der Waals surface area contributed by atoms with Crippen molar-refractivity contribution < 1.29 is 29.9 Å². The molecule has 7 nitrogen and oxygen atoms in total. The van der Waals surface area contributed by atoms with Gasteiger partial charge < -0.3 is 29.9 Å². The van der Waals surface area contributed by atoms with Gasteiger partial charge in [0, 0.05) is 12.0 Å². The molecule has 0 radical (unpaired) electrons. The van der Waals surface area contributed by atoms with Gasteiger partial charge in [-0.15, -0.1) is 0 Å². The highest BCUT2D eigenvalue weighted by atomic mass is 35.5. The molecule has 31 heavy (non-hydrogen) atoms. The SMILES string of the molecule is N#CCc1ccc(Cc2cc([C@@H]3O[C@H](CO)[C@@H](O)[C@H](O)[C@@H]3O)c3c(c2Cl)OCC3)cc1. The zero-order valence-corrected chi connectivity index (χ0v) is 17.5. The highest BCUT2D eigenvalue weighted by molar-refractivity contribution is 6.33. The Morgan fingerprint density at radius 1 is 1.06 bits per heavy atom. The summed E-state index contributed by atoms with van der Waals surface area (Å²) >= 11 is 6.64. The second-order valence-electron chi connectivity index (χ2n) is 7.92. The van der Waals surface area contributed by atoms with Gasteiger partial charge in [-0.2, -0.15) is 5.26 Å². The van der Waals surface area contributed by atoms with Gasteiger partial charge in [0.25, 0.3) is 0 Å². The maximum absolute atomic E-state index is 10.6. The molecule has 0 aliphatic carbocycles. The van der Waals surface area contributed by atoms with Gasteiger partial charge >= 0.3 is 0 Å². The minimum absolute atomic E-state index is 0.342. The van der Waals surface area contributed by atoms with Crippen LogP contribution >= 0.6 is 11.6 Å². The first-order valence-electron chi connectivity index (χ1n) is 10.2. The summed E-state index contributed by atoms with van der Waals surface area (Å²) in [6, 6.07) is 11.6. The van der Waals surface area contributed by atoms with E-state index in [9.17, 15) is 20.4 Å². The second-order valence-corrected chi connectivity index (χ2v) is 8.30. The molecule has 2 heterocycles. The van der Waals surface area contributed by atoms with Gasteiger partial charge in [0.15, 0.2) is 0 Å². The number of nitrogens with zero attached hydrogens (tertiary/aromatic N) is 1. The lowest BCUT2D eigenvalue weighted by Crippen LogP contribution is -2.55. The number of rotatable bonds is 5. The summed E-state index contributed by atoms with van der Waals surface area (Å²) in [4.78, 5) is 0. The Hall–Kier alpha value is -2.18. The highest BCUT2D eigenvalue weighted by Gasteiger charge is 2.45. The van der Waals surface area contributed by atoms with Crippen molar-refractivity contribution in [3.05, 3.63) is 63.2 Å². The van der Waals surface area contributed by atoms with Crippen molar-refractivity contribution in [2.75, 3.05) is 13.2 Å². The second kappa shape index (κ2) is 9.13. The average molecular weight is 446 g/mol. The fraction of sp³-hybridized carbons (Fsp3) is 0.435. The lowest BCUT2D eigenvalue weighted by Gasteiger charge is -2.40. The minimum atomic E-state index is -1.46. The largest absolute Gasteiger partial charge is 0.491 e. The summed E-state index contributed by atoms with van der Waals surface area (Å²) in [5, 5.41) is 49.8. The van der Waals surface area contributed by atoms with Crippen LogP contribution in [0.5, 0.6) is 5.75 Å². The summed E-state index contributed by atoms with van der Waals surface area (Å²) in [5.74, 6) is 0.534. The van der Waals surface area contributed by atoms with Crippen LogP contribution in [0.25, 0.3) is 0 Å². The molecule has 2 aromatic carbocycles. The first-order chi connectivity index (χ1) is 14.9. The predicted molar refractivity (Wildman–Crippen MR) is 112 cm³/mol. The number of fused-ring (bicyclic) bond motifs is 1. The molecule has 2 aliphatic heterocycles. The first-order valence-corrected chi connectivity index (χ1v) is 10.5. The van der Waals surface area contributed by atoms with Crippen molar-refractivity contribution in [2.24, 2.45) is 0 Å². The lowest BCUT2D eigenvalue weighted by molar-refractivity contribution is -0.231. The standard InChI is InChI=1S/C23H24ClNO6/c24-18-14(9-13-3-1-12(2-4-13)5-7-25)10-16(15-6-8-30-22(15)18)23-21(29)20(28)19(27)17(11-26)31-23/h1-4,10,17,19-21,23,26-29H,5-6,8-9,11H2/t17-,19-,20+,21+,23+/m1/s1. The normalized spacial score (nSPS) is 27.4. The van der Waals surface area contributed by atoms with Crippen molar-refractivity contribution in [2.45, 2.75) is 49.8 Å². The maximum atomic E-state index is 10.6. The molecule has 1 fully saturated rings. The van der Waals surface area contributed by atoms with E-state index in [1.54, 1.807) is 0 Å². The fourth-order valence-corrected chi connectivity index (χ4v) is 4.53. The van der Waals surface area contributed by atoms with Gasteiger partial charge in [0.2, 0.25) is 0 Å².